The molecule has 0 bridgehead atoms. The standard InChI is InChI=1S/C11H11I2NO3/c12-6-3-8(10(16)9(13)4-6)11(17)14-2-1-7(15)5-14/h3-4,7,15-16H,1-2,5H2/t7-/m0/s1. The lowest BCUT2D eigenvalue weighted by atomic mass is 10.2. The van der Waals surface area contributed by atoms with Crippen molar-refractivity contribution >= 4 is 51.1 Å². The molecule has 1 aliphatic rings. The number of halogens is 2. The average Bonchev–Trinajstić information content (AvgIpc) is 2.69. The Bertz CT molecular complexity index is 464. The molecule has 1 heterocycles. The number of likely N-dealkylation sites (tertiary alicyclic amines) is 1. The summed E-state index contributed by atoms with van der Waals surface area (Å²) in [6.45, 7) is 0.891. The largest absolute Gasteiger partial charge is 0.506 e. The molecule has 0 radical (unpaired) electrons. The van der Waals surface area contributed by atoms with E-state index in [0.717, 1.165) is 3.57 Å². The first-order valence-corrected chi connectivity index (χ1v) is 7.30. The third-order valence-electron chi connectivity index (χ3n) is 2.71. The van der Waals surface area contributed by atoms with Crippen LogP contribution in [0, 0.1) is 7.14 Å². The van der Waals surface area contributed by atoms with Gasteiger partial charge in [-0.2, -0.15) is 0 Å². The van der Waals surface area contributed by atoms with Crippen LogP contribution in [0.4, 0.5) is 0 Å². The van der Waals surface area contributed by atoms with Crippen LogP contribution in [0.1, 0.15) is 16.8 Å². The van der Waals surface area contributed by atoms with Crippen molar-refractivity contribution in [2.45, 2.75) is 12.5 Å². The summed E-state index contributed by atoms with van der Waals surface area (Å²) in [5, 5.41) is 19.3. The molecule has 2 rings (SSSR count). The second-order valence-corrected chi connectivity index (χ2v) is 6.39. The molecule has 0 unspecified atom stereocenters. The van der Waals surface area contributed by atoms with Crippen LogP contribution in [-0.2, 0) is 0 Å². The molecule has 17 heavy (non-hydrogen) atoms. The Morgan fingerprint density at radius 2 is 2.12 bits per heavy atom. The highest BCUT2D eigenvalue weighted by atomic mass is 127. The number of hydrogen-bond acceptors (Lipinski definition) is 3. The van der Waals surface area contributed by atoms with Gasteiger partial charge in [-0.3, -0.25) is 4.79 Å². The van der Waals surface area contributed by atoms with Gasteiger partial charge in [0.25, 0.3) is 5.91 Å². The number of carbonyl (C=O) groups is 1. The van der Waals surface area contributed by atoms with Gasteiger partial charge in [-0.15, -0.1) is 0 Å². The first-order chi connectivity index (χ1) is 7.99. The Morgan fingerprint density at radius 3 is 2.71 bits per heavy atom. The first kappa shape index (κ1) is 13.3. The van der Waals surface area contributed by atoms with E-state index in [1.165, 1.54) is 0 Å². The number of nitrogens with zero attached hydrogens (tertiary/aromatic N) is 1. The van der Waals surface area contributed by atoms with Gasteiger partial charge < -0.3 is 15.1 Å². The lowest BCUT2D eigenvalue weighted by Gasteiger charge is -2.17. The van der Waals surface area contributed by atoms with Crippen LogP contribution in [0.25, 0.3) is 0 Å². The number of β-amino-alcohol motifs (C(OH)–C–C–N with tert-alkyl or cyclic N) is 1. The van der Waals surface area contributed by atoms with Gasteiger partial charge in [-0.25, -0.2) is 0 Å². The number of rotatable bonds is 1. The molecule has 6 heteroatoms. The molecule has 2 N–H and O–H groups in total. The van der Waals surface area contributed by atoms with Crippen molar-refractivity contribution in [2.75, 3.05) is 13.1 Å². The Kier molecular flexibility index (Phi) is 4.14. The van der Waals surface area contributed by atoms with E-state index in [1.807, 2.05) is 28.7 Å². The normalized spacial score (nSPS) is 19.7. The smallest absolute Gasteiger partial charge is 0.257 e. The van der Waals surface area contributed by atoms with Gasteiger partial charge in [0, 0.05) is 16.7 Å². The summed E-state index contributed by atoms with van der Waals surface area (Å²) in [6, 6.07) is 3.48. The van der Waals surface area contributed by atoms with Crippen LogP contribution in [0.3, 0.4) is 0 Å². The predicted octanol–water partition coefficient (Wildman–Crippen LogP) is 1.81. The van der Waals surface area contributed by atoms with Crippen LogP contribution >= 0.6 is 45.2 Å². The van der Waals surface area contributed by atoms with Crippen molar-refractivity contribution < 1.29 is 15.0 Å². The summed E-state index contributed by atoms with van der Waals surface area (Å²) >= 11 is 4.11. The van der Waals surface area contributed by atoms with E-state index in [1.54, 1.807) is 11.0 Å². The molecule has 4 nitrogen and oxygen atoms in total. The van der Waals surface area contributed by atoms with E-state index in [2.05, 4.69) is 22.6 Å². The van der Waals surface area contributed by atoms with E-state index in [4.69, 9.17) is 0 Å². The lowest BCUT2D eigenvalue weighted by molar-refractivity contribution is 0.0761. The molecule has 0 aromatic heterocycles. The summed E-state index contributed by atoms with van der Waals surface area (Å²) < 4.78 is 1.57. The van der Waals surface area contributed by atoms with Crippen molar-refractivity contribution in [1.82, 2.24) is 4.90 Å². The van der Waals surface area contributed by atoms with Crippen LogP contribution < -0.4 is 0 Å². The lowest BCUT2D eigenvalue weighted by Crippen LogP contribution is -2.29. The van der Waals surface area contributed by atoms with Crippen molar-refractivity contribution in [2.24, 2.45) is 0 Å². The minimum absolute atomic E-state index is 0.0254. The summed E-state index contributed by atoms with van der Waals surface area (Å²) in [4.78, 5) is 13.7. The number of aromatic hydroxyl groups is 1. The Morgan fingerprint density at radius 1 is 1.41 bits per heavy atom. The topological polar surface area (TPSA) is 60.8 Å². The number of benzene rings is 1. The number of hydrogen-bond donors (Lipinski definition) is 2. The highest BCUT2D eigenvalue weighted by Gasteiger charge is 2.27. The quantitative estimate of drug-likeness (QED) is 0.631. The van der Waals surface area contributed by atoms with Gasteiger partial charge in [-0.1, -0.05) is 0 Å². The van der Waals surface area contributed by atoms with Gasteiger partial charge >= 0.3 is 0 Å². The maximum absolute atomic E-state index is 12.2. The number of carbonyl (C=O) groups excluding carboxylic acids is 1. The third kappa shape index (κ3) is 2.84. The van der Waals surface area contributed by atoms with Crippen molar-refractivity contribution in [3.8, 4) is 5.75 Å². The maximum atomic E-state index is 12.2. The molecule has 0 saturated carbocycles. The van der Waals surface area contributed by atoms with Gasteiger partial charge in [0.05, 0.1) is 15.2 Å². The molecule has 92 valence electrons. The highest BCUT2D eigenvalue weighted by molar-refractivity contribution is 14.1. The number of aliphatic hydroxyl groups excluding tert-OH is 1. The zero-order valence-corrected chi connectivity index (χ0v) is 13.2. The number of phenols is 1. The third-order valence-corrected chi connectivity index (χ3v) is 4.15. The van der Waals surface area contributed by atoms with E-state index in [9.17, 15) is 15.0 Å². The fraction of sp³-hybridized carbons (Fsp3) is 0.364. The minimum atomic E-state index is -0.442. The molecular weight excluding hydrogens is 448 g/mol. The SMILES string of the molecule is O=C(c1cc(I)cc(I)c1O)N1CC[C@H](O)C1. The monoisotopic (exact) mass is 459 g/mol. The van der Waals surface area contributed by atoms with E-state index in [0.29, 0.717) is 28.6 Å². The van der Waals surface area contributed by atoms with Crippen LogP contribution in [-0.4, -0.2) is 40.2 Å². The van der Waals surface area contributed by atoms with Crippen molar-refractivity contribution in [1.29, 1.82) is 0 Å². The zero-order valence-electron chi connectivity index (χ0n) is 8.86. The van der Waals surface area contributed by atoms with E-state index >= 15 is 0 Å². The molecule has 1 aliphatic heterocycles. The Hall–Kier alpha value is -0.0900. The summed E-state index contributed by atoms with van der Waals surface area (Å²) in [5.74, 6) is -0.187. The second-order valence-electron chi connectivity index (χ2n) is 3.98. The van der Waals surface area contributed by atoms with Crippen LogP contribution in [0.15, 0.2) is 12.1 Å². The number of phenolic OH excluding ortho intramolecular Hbond substituents is 1. The molecule has 0 aliphatic carbocycles. The van der Waals surface area contributed by atoms with Gasteiger partial charge in [0.15, 0.2) is 0 Å². The summed E-state index contributed by atoms with van der Waals surface area (Å²) in [5.41, 5.74) is 0.315. The summed E-state index contributed by atoms with van der Waals surface area (Å²) in [6.07, 6.45) is 0.163. The van der Waals surface area contributed by atoms with Crippen molar-refractivity contribution in [3.05, 3.63) is 24.8 Å². The average molecular weight is 459 g/mol. The van der Waals surface area contributed by atoms with E-state index in [-0.39, 0.29) is 11.7 Å². The molecule has 1 aromatic rings. The van der Waals surface area contributed by atoms with E-state index < -0.39 is 6.10 Å². The van der Waals surface area contributed by atoms with Crippen molar-refractivity contribution in [3.63, 3.8) is 0 Å². The van der Waals surface area contributed by atoms with Gasteiger partial charge in [-0.05, 0) is 63.7 Å². The Balaban J connectivity index is 2.31. The Labute approximate surface area is 126 Å². The minimum Gasteiger partial charge on any atom is -0.506 e. The van der Waals surface area contributed by atoms with Gasteiger partial charge in [0.2, 0.25) is 0 Å². The maximum Gasteiger partial charge on any atom is 0.257 e. The molecule has 1 aromatic carbocycles. The second kappa shape index (κ2) is 5.27. The zero-order chi connectivity index (χ0) is 12.6. The highest BCUT2D eigenvalue weighted by Crippen LogP contribution is 2.28. The summed E-state index contributed by atoms with van der Waals surface area (Å²) in [7, 11) is 0. The van der Waals surface area contributed by atoms with Crippen LogP contribution in [0.5, 0.6) is 5.75 Å². The molecule has 1 amide bonds. The molecule has 1 fully saturated rings. The molecular formula is C11H11I2NO3. The molecule has 1 saturated heterocycles. The van der Waals surface area contributed by atoms with Crippen LogP contribution in [0.2, 0.25) is 0 Å². The molecule has 0 spiro atoms. The van der Waals surface area contributed by atoms with Gasteiger partial charge in [0.1, 0.15) is 5.75 Å². The fourth-order valence-corrected chi connectivity index (χ4v) is 3.67. The first-order valence-electron chi connectivity index (χ1n) is 5.14. The number of aliphatic hydroxyl groups is 1. The number of amides is 1. The molecule has 1 atom stereocenters. The fourth-order valence-electron chi connectivity index (χ4n) is 1.83. The predicted molar refractivity (Wildman–Crippen MR) is 80.1 cm³/mol.